The molecular weight excluding hydrogens is 1670 g/mol. The van der Waals surface area contributed by atoms with E-state index in [1.165, 1.54) is 0 Å². The molecule has 6 N–H and O–H groups in total. The highest BCUT2D eigenvalue weighted by Gasteiger charge is 2.45. The fraction of sp³-hybridized carbons (Fsp3) is 0.786. The number of hydrogen-bond acceptors (Lipinski definition) is 27. The van der Waals surface area contributed by atoms with Gasteiger partial charge in [0.2, 0.25) is 0 Å². The third-order valence-corrected chi connectivity index (χ3v) is 36.9. The SMILES string of the molecule is C=C(C)C(=O)OCCNC(=O)OCCOCCC[Si](C)(C)O[Si](C)(C)O[Si](C)(C)CCCOCCOC(=O)NCCOC(=O)C(=C)C.C=C(C)C(=O)OCCOC(=O)NCC1(C)CC(NC(=O)OCCOCCC[Si](C)(C)CC(C)(C)O[Si](C)(C)CCCOCCOC(=O)NC2CC(C)(C)CC(C)(CNC(=O)OCCOC(=O)C(=C)C)C2)CC(C)(C)C1. The predicted octanol–water partition coefficient (Wildman–Crippen LogP) is 14.5. The molecule has 0 heterocycles. The Morgan fingerprint density at radius 3 is 0.934 bits per heavy atom. The number of carbonyl (C=O) groups excluding carboxylic acids is 10. The lowest BCUT2D eigenvalue weighted by molar-refractivity contribution is -0.140. The van der Waals surface area contributed by atoms with Crippen molar-refractivity contribution in [3.63, 3.8) is 0 Å². The molecular formula is C84H156N6O27Si5. The van der Waals surface area contributed by atoms with Crippen LogP contribution in [-0.4, -0.2) is 265 Å². The summed E-state index contributed by atoms with van der Waals surface area (Å²) >= 11 is 0. The summed E-state index contributed by atoms with van der Waals surface area (Å²) in [6, 6.07) is 4.60. The molecule has 4 unspecified atom stereocenters. The van der Waals surface area contributed by atoms with E-state index in [0.29, 0.717) is 76.7 Å². The van der Waals surface area contributed by atoms with E-state index < -0.39 is 102 Å². The monoisotopic (exact) mass is 1820 g/mol. The Balaban J connectivity index is 0.00000136. The summed E-state index contributed by atoms with van der Waals surface area (Å²) in [6.45, 7) is 64.4. The molecule has 2 rings (SSSR count). The van der Waals surface area contributed by atoms with Gasteiger partial charge in [0.15, 0.2) is 25.0 Å². The maximum absolute atomic E-state index is 12.8. The quantitative estimate of drug-likeness (QED) is 0.0108. The van der Waals surface area contributed by atoms with Crippen molar-refractivity contribution in [1.29, 1.82) is 0 Å². The van der Waals surface area contributed by atoms with Crippen LogP contribution in [-0.2, 0) is 98.2 Å². The van der Waals surface area contributed by atoms with Gasteiger partial charge in [0.1, 0.15) is 66.1 Å². The van der Waals surface area contributed by atoms with E-state index in [1.54, 1.807) is 27.7 Å². The van der Waals surface area contributed by atoms with Crippen LogP contribution in [0.2, 0.25) is 95.7 Å². The van der Waals surface area contributed by atoms with Gasteiger partial charge >= 0.3 is 69.0 Å². The fourth-order valence-corrected chi connectivity index (χ4v) is 36.2. The van der Waals surface area contributed by atoms with Gasteiger partial charge in [-0.1, -0.05) is 87.0 Å². The second-order valence-corrected chi connectivity index (χ2v) is 59.7. The van der Waals surface area contributed by atoms with Gasteiger partial charge in [-0.3, -0.25) is 0 Å². The highest BCUT2D eigenvalue weighted by molar-refractivity contribution is 6.87. The molecule has 0 aliphatic heterocycles. The highest BCUT2D eigenvalue weighted by Crippen LogP contribution is 2.47. The standard InChI is InChI=1S/C54H98N4O15Si2.C30H58N2O12Si3/c1-40(2)44(59)67-25-27-69-46(61)55-37-53(11)33-42(31-50(5,6)35-53)57-48(63)71-23-21-65-19-17-29-74(13,14)39-52(9,10)73-75(15,16)30-18-20-66-22-24-72-49(64)58-43-32-51(7,8)36-54(12,34-43)38-56-47(62)70-28-26-68-45(60)41(3)4;1-25(2)27(33)39-17-13-31-29(35)41-21-19-37-15-11-23-45(5,6)43-47(9,10)44-46(7,8)24-12-16-38-20-22-42-30(36)32-14-18-40-28(34)26(3)4/h42-43H,1,3,17-39H2,2,4-16H3,(H,55,61)(H,56,62)(H,57,63)(H,58,64);1,3,11-24H2,2,4-10H3,(H,31,35)(H,32,36). The maximum Gasteiger partial charge on any atom is 0.407 e. The number of amides is 6. The first kappa shape index (κ1) is 113. The van der Waals surface area contributed by atoms with E-state index in [4.69, 9.17) is 79.0 Å². The van der Waals surface area contributed by atoms with Crippen LogP contribution in [0.1, 0.15) is 147 Å². The minimum Gasteiger partial charge on any atom is -0.460 e. The molecule has 33 nitrogen and oxygen atoms in total. The van der Waals surface area contributed by atoms with Gasteiger partial charge in [-0.25, -0.2) is 47.9 Å². The van der Waals surface area contributed by atoms with Crippen molar-refractivity contribution >= 4 is 102 Å². The molecule has 0 aromatic carbocycles. The van der Waals surface area contributed by atoms with Crippen LogP contribution in [0.15, 0.2) is 48.6 Å². The zero-order valence-electron chi connectivity index (χ0n) is 78.2. The van der Waals surface area contributed by atoms with Crippen molar-refractivity contribution in [2.24, 2.45) is 21.7 Å². The van der Waals surface area contributed by atoms with Crippen molar-refractivity contribution in [3.05, 3.63) is 48.6 Å². The Morgan fingerprint density at radius 1 is 0.344 bits per heavy atom. The molecule has 122 heavy (non-hydrogen) atoms. The van der Waals surface area contributed by atoms with Crippen molar-refractivity contribution < 1.29 is 127 Å². The molecule has 6 amide bonds. The Hall–Kier alpha value is -6.74. The lowest BCUT2D eigenvalue weighted by Gasteiger charge is -2.46. The third-order valence-electron chi connectivity index (χ3n) is 19.2. The van der Waals surface area contributed by atoms with Crippen molar-refractivity contribution in [1.82, 2.24) is 31.9 Å². The molecule has 704 valence electrons. The van der Waals surface area contributed by atoms with Crippen molar-refractivity contribution in [3.8, 4) is 0 Å². The smallest absolute Gasteiger partial charge is 0.407 e. The summed E-state index contributed by atoms with van der Waals surface area (Å²) in [6.07, 6.45) is 4.62. The molecule has 38 heteroatoms. The molecule has 0 aromatic heterocycles. The van der Waals surface area contributed by atoms with Crippen LogP contribution in [0.5, 0.6) is 0 Å². The summed E-state index contributed by atoms with van der Waals surface area (Å²) in [5.74, 6) is -2.07. The lowest BCUT2D eigenvalue weighted by atomic mass is 9.62. The van der Waals surface area contributed by atoms with E-state index in [0.717, 1.165) is 81.6 Å². The summed E-state index contributed by atoms with van der Waals surface area (Å²) in [7, 11) is -10.0. The van der Waals surface area contributed by atoms with Crippen LogP contribution in [0.4, 0.5) is 28.8 Å². The minimum atomic E-state index is -2.36. The molecule has 2 saturated carbocycles. The van der Waals surface area contributed by atoms with Gasteiger partial charge in [0.05, 0.1) is 47.6 Å². The molecule has 0 spiro atoms. The Morgan fingerprint density at radius 2 is 0.615 bits per heavy atom. The zero-order valence-corrected chi connectivity index (χ0v) is 83.2. The van der Waals surface area contributed by atoms with E-state index >= 15 is 0 Å². The first-order valence-electron chi connectivity index (χ1n) is 42.7. The Bertz CT molecular complexity index is 3100. The van der Waals surface area contributed by atoms with E-state index in [2.05, 4.69) is 179 Å². The topological polar surface area (TPSA) is 400 Å². The molecule has 4 atom stereocenters. The molecule has 0 radical (unpaired) electrons. The molecule has 2 aliphatic rings. The Kier molecular flexibility index (Phi) is 52.3. The van der Waals surface area contributed by atoms with Gasteiger partial charge in [0.25, 0.3) is 0 Å². The number of carbonyl (C=O) groups is 10. The van der Waals surface area contributed by atoms with Crippen LogP contribution in [0, 0.1) is 21.7 Å². The molecule has 0 aromatic rings. The largest absolute Gasteiger partial charge is 0.460 e. The van der Waals surface area contributed by atoms with Crippen molar-refractivity contribution in [2.45, 2.75) is 261 Å². The Labute approximate surface area is 733 Å². The first-order chi connectivity index (χ1) is 56.5. The normalized spacial score (nSPS) is 17.7. The average Bonchev–Trinajstić information content (AvgIpc) is 0.801. The van der Waals surface area contributed by atoms with Crippen LogP contribution < -0.4 is 31.9 Å². The number of esters is 4. The van der Waals surface area contributed by atoms with E-state index in [9.17, 15) is 47.9 Å². The number of nitrogens with one attached hydrogen (secondary N) is 6. The molecule has 0 saturated heterocycles. The minimum absolute atomic E-state index is 0.0422. The van der Waals surface area contributed by atoms with Gasteiger partial charge in [0, 0.05) is 79.5 Å². The molecule has 2 fully saturated rings. The average molecular weight is 1820 g/mol. The van der Waals surface area contributed by atoms with Gasteiger partial charge in [-0.15, -0.1) is 0 Å². The predicted molar refractivity (Wildman–Crippen MR) is 479 cm³/mol. The van der Waals surface area contributed by atoms with E-state index in [1.807, 2.05) is 0 Å². The summed E-state index contributed by atoms with van der Waals surface area (Å²) in [4.78, 5) is 119. The number of rotatable bonds is 58. The van der Waals surface area contributed by atoms with Crippen LogP contribution >= 0.6 is 0 Å². The molecule has 0 bridgehead atoms. The van der Waals surface area contributed by atoms with Crippen molar-refractivity contribution in [2.75, 3.05) is 145 Å². The van der Waals surface area contributed by atoms with Gasteiger partial charge < -0.3 is 111 Å². The number of hydrogen-bond donors (Lipinski definition) is 6. The van der Waals surface area contributed by atoms with Gasteiger partial charge in [-0.05, 0) is 204 Å². The highest BCUT2D eigenvalue weighted by atomic mass is 28.5. The number of ether oxygens (including phenoxy) is 14. The first-order valence-corrected chi connectivity index (χ1v) is 58.3. The van der Waals surface area contributed by atoms with E-state index in [-0.39, 0.29) is 143 Å². The van der Waals surface area contributed by atoms with Gasteiger partial charge in [-0.2, -0.15) is 0 Å². The second kappa shape index (κ2) is 56.4. The van der Waals surface area contributed by atoms with Crippen LogP contribution in [0.25, 0.3) is 0 Å². The summed E-state index contributed by atoms with van der Waals surface area (Å²) in [5.41, 5.74) is 0.139. The lowest BCUT2D eigenvalue weighted by Crippen LogP contribution is -2.52. The summed E-state index contributed by atoms with van der Waals surface area (Å²) in [5, 5.41) is 16.7. The number of alkyl carbamates (subject to hydrolysis) is 6. The molecule has 2 aliphatic carbocycles. The maximum atomic E-state index is 12.8. The third kappa shape index (κ3) is 57.7. The zero-order chi connectivity index (χ0) is 92.7. The fourth-order valence-electron chi connectivity index (χ4n) is 15.7. The summed E-state index contributed by atoms with van der Waals surface area (Å²) < 4.78 is 94.2. The van der Waals surface area contributed by atoms with Crippen LogP contribution in [0.3, 0.4) is 0 Å². The second-order valence-electron chi connectivity index (χ2n) is 37.8.